The summed E-state index contributed by atoms with van der Waals surface area (Å²) in [5.74, 6) is 3.48. The molecule has 2 heterocycles. The summed E-state index contributed by atoms with van der Waals surface area (Å²) in [5.41, 5.74) is 6.95. The summed E-state index contributed by atoms with van der Waals surface area (Å²) in [6.45, 7) is 5.87. The Morgan fingerprint density at radius 1 is 1.32 bits per heavy atom. The Bertz CT molecular complexity index is 467. The first kappa shape index (κ1) is 12.7. The van der Waals surface area contributed by atoms with Crippen molar-refractivity contribution >= 4 is 11.6 Å². The molecule has 1 saturated carbocycles. The SMILES string of the molecule is Cc1c(N)nc(C2CC2)nc1NC(C)C1CCOC1. The number of nitrogens with zero attached hydrogens (tertiary/aromatic N) is 2. The Hall–Kier alpha value is -1.36. The summed E-state index contributed by atoms with van der Waals surface area (Å²) in [6.07, 6.45) is 3.49. The van der Waals surface area contributed by atoms with Crippen LogP contribution in [-0.2, 0) is 4.74 Å². The topological polar surface area (TPSA) is 73.1 Å². The molecule has 0 amide bonds. The smallest absolute Gasteiger partial charge is 0.136 e. The van der Waals surface area contributed by atoms with Gasteiger partial charge >= 0.3 is 0 Å². The zero-order valence-corrected chi connectivity index (χ0v) is 11.6. The van der Waals surface area contributed by atoms with Crippen LogP contribution in [0.2, 0.25) is 0 Å². The van der Waals surface area contributed by atoms with Crippen LogP contribution in [0.5, 0.6) is 0 Å². The normalized spacial score (nSPS) is 24.4. The molecule has 0 aromatic carbocycles. The molecule has 0 bridgehead atoms. The van der Waals surface area contributed by atoms with Crippen LogP contribution < -0.4 is 11.1 Å². The molecule has 3 rings (SSSR count). The number of hydrogen-bond donors (Lipinski definition) is 2. The second kappa shape index (κ2) is 4.96. The molecule has 2 aliphatic rings. The van der Waals surface area contributed by atoms with Crippen LogP contribution in [0.15, 0.2) is 0 Å². The van der Waals surface area contributed by atoms with E-state index < -0.39 is 0 Å². The molecule has 2 fully saturated rings. The van der Waals surface area contributed by atoms with Crippen molar-refractivity contribution in [3.05, 3.63) is 11.4 Å². The van der Waals surface area contributed by atoms with Crippen LogP contribution in [0.3, 0.4) is 0 Å². The molecule has 0 radical (unpaired) electrons. The maximum Gasteiger partial charge on any atom is 0.136 e. The van der Waals surface area contributed by atoms with Crippen molar-refractivity contribution in [1.29, 1.82) is 0 Å². The van der Waals surface area contributed by atoms with Crippen LogP contribution in [0, 0.1) is 12.8 Å². The highest BCUT2D eigenvalue weighted by Crippen LogP contribution is 2.39. The first-order valence-corrected chi connectivity index (χ1v) is 7.13. The molecule has 3 N–H and O–H groups in total. The van der Waals surface area contributed by atoms with E-state index in [1.165, 1.54) is 12.8 Å². The first-order chi connectivity index (χ1) is 9.15. The van der Waals surface area contributed by atoms with E-state index in [1.807, 2.05) is 6.92 Å². The molecular formula is C14H22N4O. The van der Waals surface area contributed by atoms with Gasteiger partial charge in [0.1, 0.15) is 17.5 Å². The van der Waals surface area contributed by atoms with E-state index in [0.717, 1.165) is 36.8 Å². The number of aromatic nitrogens is 2. The maximum atomic E-state index is 6.00. The number of ether oxygens (including phenoxy) is 1. The first-order valence-electron chi connectivity index (χ1n) is 7.13. The van der Waals surface area contributed by atoms with Gasteiger partial charge in [0.2, 0.25) is 0 Å². The predicted octanol–water partition coefficient (Wildman–Crippen LogP) is 2.08. The fourth-order valence-corrected chi connectivity index (χ4v) is 2.50. The van der Waals surface area contributed by atoms with E-state index in [2.05, 4.69) is 22.2 Å². The van der Waals surface area contributed by atoms with E-state index in [1.54, 1.807) is 0 Å². The van der Waals surface area contributed by atoms with Gasteiger partial charge < -0.3 is 15.8 Å². The number of rotatable bonds is 4. The van der Waals surface area contributed by atoms with Crippen LogP contribution in [0.25, 0.3) is 0 Å². The highest BCUT2D eigenvalue weighted by Gasteiger charge is 2.29. The number of hydrogen-bond acceptors (Lipinski definition) is 5. The number of nitrogen functional groups attached to an aromatic ring is 1. The minimum atomic E-state index is 0.350. The lowest BCUT2D eigenvalue weighted by Gasteiger charge is -2.21. The second-order valence-electron chi connectivity index (χ2n) is 5.77. The van der Waals surface area contributed by atoms with E-state index in [4.69, 9.17) is 10.5 Å². The van der Waals surface area contributed by atoms with Gasteiger partial charge in [-0.3, -0.25) is 0 Å². The van der Waals surface area contributed by atoms with E-state index in [-0.39, 0.29) is 0 Å². The third-order valence-electron chi connectivity index (χ3n) is 4.18. The van der Waals surface area contributed by atoms with Crippen LogP contribution in [-0.4, -0.2) is 29.2 Å². The second-order valence-corrected chi connectivity index (χ2v) is 5.77. The summed E-state index contributed by atoms with van der Waals surface area (Å²) in [7, 11) is 0. The molecule has 5 nitrogen and oxygen atoms in total. The van der Waals surface area contributed by atoms with Crippen LogP contribution in [0.1, 0.15) is 43.5 Å². The molecule has 1 aliphatic heterocycles. The van der Waals surface area contributed by atoms with Crippen molar-refractivity contribution in [2.24, 2.45) is 5.92 Å². The van der Waals surface area contributed by atoms with Crippen LogP contribution >= 0.6 is 0 Å². The highest BCUT2D eigenvalue weighted by atomic mass is 16.5. The van der Waals surface area contributed by atoms with Crippen LogP contribution in [0.4, 0.5) is 11.6 Å². The standard InChI is InChI=1S/C14H22N4O/c1-8-12(15)17-14(10-3-4-10)18-13(8)16-9(2)11-5-6-19-7-11/h9-11H,3-7H2,1-2H3,(H3,15,16,17,18). The van der Waals surface area contributed by atoms with Gasteiger partial charge in [-0.1, -0.05) is 0 Å². The van der Waals surface area contributed by atoms with Crippen molar-refractivity contribution < 1.29 is 4.74 Å². The van der Waals surface area contributed by atoms with E-state index in [0.29, 0.717) is 23.7 Å². The van der Waals surface area contributed by atoms with E-state index >= 15 is 0 Å². The van der Waals surface area contributed by atoms with Crippen molar-refractivity contribution in [3.8, 4) is 0 Å². The predicted molar refractivity (Wildman–Crippen MR) is 75.2 cm³/mol. The zero-order chi connectivity index (χ0) is 13.4. The molecule has 1 saturated heterocycles. The Labute approximate surface area is 114 Å². The van der Waals surface area contributed by atoms with Gasteiger partial charge in [-0.25, -0.2) is 9.97 Å². The van der Waals surface area contributed by atoms with E-state index in [9.17, 15) is 0 Å². The zero-order valence-electron chi connectivity index (χ0n) is 11.6. The number of nitrogens with one attached hydrogen (secondary N) is 1. The van der Waals surface area contributed by atoms with Gasteiger partial charge in [0.15, 0.2) is 0 Å². The molecular weight excluding hydrogens is 240 g/mol. The Balaban J connectivity index is 1.78. The summed E-state index contributed by atoms with van der Waals surface area (Å²) < 4.78 is 5.44. The van der Waals surface area contributed by atoms with Crippen molar-refractivity contribution in [2.45, 2.75) is 45.1 Å². The monoisotopic (exact) mass is 262 g/mol. The lowest BCUT2D eigenvalue weighted by Crippen LogP contribution is -2.27. The largest absolute Gasteiger partial charge is 0.383 e. The highest BCUT2D eigenvalue weighted by molar-refractivity contribution is 5.55. The minimum Gasteiger partial charge on any atom is -0.383 e. The van der Waals surface area contributed by atoms with Gasteiger partial charge in [-0.05, 0) is 33.1 Å². The minimum absolute atomic E-state index is 0.350. The Kier molecular flexibility index (Phi) is 3.31. The van der Waals surface area contributed by atoms with Gasteiger partial charge in [-0.15, -0.1) is 0 Å². The quantitative estimate of drug-likeness (QED) is 0.869. The lowest BCUT2D eigenvalue weighted by atomic mass is 10.0. The summed E-state index contributed by atoms with van der Waals surface area (Å²) in [5, 5.41) is 3.50. The van der Waals surface area contributed by atoms with Gasteiger partial charge in [-0.2, -0.15) is 0 Å². The third kappa shape index (κ3) is 2.66. The molecule has 2 unspecified atom stereocenters. The van der Waals surface area contributed by atoms with Gasteiger partial charge in [0.05, 0.1) is 6.61 Å². The maximum absolute atomic E-state index is 6.00. The molecule has 1 aliphatic carbocycles. The van der Waals surface area contributed by atoms with Crippen molar-refractivity contribution in [1.82, 2.24) is 9.97 Å². The van der Waals surface area contributed by atoms with Crippen molar-refractivity contribution in [3.63, 3.8) is 0 Å². The molecule has 0 spiro atoms. The molecule has 19 heavy (non-hydrogen) atoms. The average molecular weight is 262 g/mol. The van der Waals surface area contributed by atoms with Crippen molar-refractivity contribution in [2.75, 3.05) is 24.3 Å². The molecule has 104 valence electrons. The Morgan fingerprint density at radius 3 is 2.74 bits per heavy atom. The third-order valence-corrected chi connectivity index (χ3v) is 4.18. The average Bonchev–Trinajstić information content (AvgIpc) is 3.09. The number of nitrogens with two attached hydrogens (primary N) is 1. The molecule has 1 aromatic heterocycles. The summed E-state index contributed by atoms with van der Waals surface area (Å²) in [4.78, 5) is 9.07. The fraction of sp³-hybridized carbons (Fsp3) is 0.714. The molecule has 5 heteroatoms. The fourth-order valence-electron chi connectivity index (χ4n) is 2.50. The van der Waals surface area contributed by atoms with Gasteiger partial charge in [0.25, 0.3) is 0 Å². The molecule has 1 aromatic rings. The molecule has 2 atom stereocenters. The summed E-state index contributed by atoms with van der Waals surface area (Å²) >= 11 is 0. The lowest BCUT2D eigenvalue weighted by molar-refractivity contribution is 0.183. The summed E-state index contributed by atoms with van der Waals surface area (Å²) in [6, 6.07) is 0.350. The van der Waals surface area contributed by atoms with Gasteiger partial charge in [0, 0.05) is 30.0 Å². The number of anilines is 2. The Morgan fingerprint density at radius 2 is 2.11 bits per heavy atom.